The van der Waals surface area contributed by atoms with Crippen molar-refractivity contribution >= 4 is 11.9 Å². The van der Waals surface area contributed by atoms with Gasteiger partial charge in [-0.3, -0.25) is 0 Å². The fourth-order valence-electron chi connectivity index (χ4n) is 3.22. The van der Waals surface area contributed by atoms with E-state index in [1.165, 1.54) is 0 Å². The van der Waals surface area contributed by atoms with Crippen LogP contribution in [0.15, 0.2) is 36.4 Å². The van der Waals surface area contributed by atoms with Crippen LogP contribution >= 0.6 is 0 Å². The summed E-state index contributed by atoms with van der Waals surface area (Å²) >= 11 is 0. The van der Waals surface area contributed by atoms with E-state index in [1.807, 2.05) is 30.3 Å². The lowest BCUT2D eigenvalue weighted by atomic mass is 9.81. The third-order valence-corrected chi connectivity index (χ3v) is 4.16. The minimum Gasteiger partial charge on any atom is -0.478 e. The van der Waals surface area contributed by atoms with Crippen LogP contribution in [-0.2, 0) is 12.8 Å². The van der Waals surface area contributed by atoms with E-state index in [0.29, 0.717) is 5.56 Å². The van der Waals surface area contributed by atoms with Gasteiger partial charge in [0.25, 0.3) is 0 Å². The van der Waals surface area contributed by atoms with Crippen LogP contribution in [0.25, 0.3) is 11.1 Å². The molecule has 0 spiro atoms. The van der Waals surface area contributed by atoms with Crippen LogP contribution in [0.3, 0.4) is 0 Å². The van der Waals surface area contributed by atoms with Crippen LogP contribution in [0.2, 0.25) is 0 Å². The third kappa shape index (κ3) is 2.37. The van der Waals surface area contributed by atoms with Gasteiger partial charge in [0.1, 0.15) is 0 Å². The number of carbonyl (C=O) groups is 2. The first kappa shape index (κ1) is 14.3. The summed E-state index contributed by atoms with van der Waals surface area (Å²) in [5.74, 6) is -2.38. The van der Waals surface area contributed by atoms with E-state index in [2.05, 4.69) is 0 Å². The molecular formula is C18H16O4. The van der Waals surface area contributed by atoms with E-state index in [4.69, 9.17) is 0 Å². The Hall–Kier alpha value is -2.62. The molecule has 0 unspecified atom stereocenters. The zero-order valence-corrected chi connectivity index (χ0v) is 12.0. The van der Waals surface area contributed by atoms with Gasteiger partial charge >= 0.3 is 11.9 Å². The third-order valence-electron chi connectivity index (χ3n) is 4.16. The highest BCUT2D eigenvalue weighted by Crippen LogP contribution is 2.36. The molecule has 2 N–H and O–H groups in total. The molecule has 0 fully saturated rings. The number of rotatable bonds is 3. The molecule has 0 aliphatic heterocycles. The molecular weight excluding hydrogens is 280 g/mol. The summed E-state index contributed by atoms with van der Waals surface area (Å²) in [7, 11) is 0. The minimum absolute atomic E-state index is 0.0978. The number of carboxylic acid groups (broad SMARTS) is 2. The molecule has 0 aromatic heterocycles. The predicted octanol–water partition coefficient (Wildman–Crippen LogP) is 3.63. The Morgan fingerprint density at radius 3 is 2.23 bits per heavy atom. The van der Waals surface area contributed by atoms with E-state index >= 15 is 0 Å². The Labute approximate surface area is 128 Å². The standard InChI is InChI=1S/C18H16O4/c19-17(20)14-10-12-8-4-5-9-13(12)15(16(14)18(21)22)11-6-2-1-3-7-11/h1-3,6-7,10H,4-5,8-9H2,(H,19,20)(H,21,22). The Kier molecular flexibility index (Phi) is 3.67. The smallest absolute Gasteiger partial charge is 0.337 e. The maximum atomic E-state index is 11.7. The van der Waals surface area contributed by atoms with Crippen LogP contribution in [-0.4, -0.2) is 22.2 Å². The van der Waals surface area contributed by atoms with Crippen molar-refractivity contribution in [2.75, 3.05) is 0 Å². The van der Waals surface area contributed by atoms with E-state index in [9.17, 15) is 19.8 Å². The van der Waals surface area contributed by atoms with Crippen LogP contribution in [0.1, 0.15) is 44.7 Å². The number of carboxylic acids is 2. The molecule has 4 heteroatoms. The van der Waals surface area contributed by atoms with Gasteiger partial charge in [-0.05, 0) is 48.4 Å². The summed E-state index contributed by atoms with van der Waals surface area (Å²) in [6, 6.07) is 10.8. The van der Waals surface area contributed by atoms with Crippen molar-refractivity contribution in [2.24, 2.45) is 0 Å². The van der Waals surface area contributed by atoms with Crippen molar-refractivity contribution in [3.63, 3.8) is 0 Å². The highest BCUT2D eigenvalue weighted by atomic mass is 16.4. The molecule has 1 aliphatic rings. The number of hydrogen-bond donors (Lipinski definition) is 2. The first-order valence-corrected chi connectivity index (χ1v) is 7.30. The van der Waals surface area contributed by atoms with Gasteiger partial charge < -0.3 is 10.2 Å². The molecule has 0 atom stereocenters. The van der Waals surface area contributed by atoms with Gasteiger partial charge in [-0.1, -0.05) is 30.3 Å². The molecule has 0 amide bonds. The predicted molar refractivity (Wildman–Crippen MR) is 82.4 cm³/mol. The van der Waals surface area contributed by atoms with Crippen LogP contribution in [0, 0.1) is 0 Å². The second-order valence-electron chi connectivity index (χ2n) is 5.50. The van der Waals surface area contributed by atoms with Gasteiger partial charge in [-0.25, -0.2) is 9.59 Å². The topological polar surface area (TPSA) is 74.6 Å². The minimum atomic E-state index is -1.19. The van der Waals surface area contributed by atoms with Crippen molar-refractivity contribution < 1.29 is 19.8 Å². The zero-order valence-electron chi connectivity index (χ0n) is 12.0. The highest BCUT2D eigenvalue weighted by molar-refractivity contribution is 6.07. The van der Waals surface area contributed by atoms with E-state index < -0.39 is 11.9 Å². The molecule has 2 aromatic rings. The molecule has 22 heavy (non-hydrogen) atoms. The van der Waals surface area contributed by atoms with Crippen molar-refractivity contribution in [1.82, 2.24) is 0 Å². The van der Waals surface area contributed by atoms with Crippen molar-refractivity contribution in [1.29, 1.82) is 0 Å². The van der Waals surface area contributed by atoms with E-state index in [1.54, 1.807) is 6.07 Å². The fraction of sp³-hybridized carbons (Fsp3) is 0.222. The Morgan fingerprint density at radius 1 is 0.909 bits per heavy atom. The number of benzene rings is 2. The number of hydrogen-bond acceptors (Lipinski definition) is 2. The van der Waals surface area contributed by atoms with Crippen molar-refractivity contribution in [3.8, 4) is 11.1 Å². The van der Waals surface area contributed by atoms with E-state index in [-0.39, 0.29) is 11.1 Å². The second kappa shape index (κ2) is 5.64. The highest BCUT2D eigenvalue weighted by Gasteiger charge is 2.27. The lowest BCUT2D eigenvalue weighted by Crippen LogP contribution is -2.16. The van der Waals surface area contributed by atoms with Gasteiger partial charge in [0.2, 0.25) is 0 Å². The Balaban J connectivity index is 2.40. The van der Waals surface area contributed by atoms with Crippen LogP contribution < -0.4 is 0 Å². The van der Waals surface area contributed by atoms with Crippen LogP contribution in [0.4, 0.5) is 0 Å². The average molecular weight is 296 g/mol. The zero-order chi connectivity index (χ0) is 15.7. The first-order valence-electron chi connectivity index (χ1n) is 7.30. The SMILES string of the molecule is O=C(O)c1cc2c(c(-c3ccccc3)c1C(=O)O)CCCC2. The summed E-state index contributed by atoms with van der Waals surface area (Å²) in [5.41, 5.74) is 3.07. The number of aryl methyl sites for hydroxylation is 1. The van der Waals surface area contributed by atoms with Crippen molar-refractivity contribution in [2.45, 2.75) is 25.7 Å². The number of aromatic carboxylic acids is 2. The fourth-order valence-corrected chi connectivity index (χ4v) is 3.22. The Bertz CT molecular complexity index is 747. The molecule has 4 nitrogen and oxygen atoms in total. The summed E-state index contributed by atoms with van der Waals surface area (Å²) in [4.78, 5) is 23.3. The molecule has 2 aromatic carbocycles. The molecule has 0 radical (unpaired) electrons. The van der Waals surface area contributed by atoms with Gasteiger partial charge in [-0.15, -0.1) is 0 Å². The van der Waals surface area contributed by atoms with Gasteiger partial charge in [-0.2, -0.15) is 0 Å². The lowest BCUT2D eigenvalue weighted by molar-refractivity contribution is 0.0652. The largest absolute Gasteiger partial charge is 0.478 e. The number of fused-ring (bicyclic) bond motifs is 1. The molecule has 0 heterocycles. The van der Waals surface area contributed by atoms with E-state index in [0.717, 1.165) is 42.4 Å². The summed E-state index contributed by atoms with van der Waals surface area (Å²) in [6.45, 7) is 0. The maximum Gasteiger partial charge on any atom is 0.337 e. The summed E-state index contributed by atoms with van der Waals surface area (Å²) < 4.78 is 0. The molecule has 0 saturated heterocycles. The lowest BCUT2D eigenvalue weighted by Gasteiger charge is -2.23. The quantitative estimate of drug-likeness (QED) is 0.907. The Morgan fingerprint density at radius 2 is 1.59 bits per heavy atom. The van der Waals surface area contributed by atoms with Gasteiger partial charge in [0, 0.05) is 5.56 Å². The maximum absolute atomic E-state index is 11.7. The molecule has 1 aliphatic carbocycles. The van der Waals surface area contributed by atoms with Gasteiger partial charge in [0.15, 0.2) is 0 Å². The second-order valence-corrected chi connectivity index (χ2v) is 5.50. The molecule has 0 bridgehead atoms. The normalized spacial score (nSPS) is 13.5. The van der Waals surface area contributed by atoms with Gasteiger partial charge in [0.05, 0.1) is 11.1 Å². The molecule has 3 rings (SSSR count). The molecule has 0 saturated carbocycles. The average Bonchev–Trinajstić information content (AvgIpc) is 2.53. The summed E-state index contributed by atoms with van der Waals surface area (Å²) in [5, 5.41) is 19.0. The molecule has 112 valence electrons. The van der Waals surface area contributed by atoms with Crippen molar-refractivity contribution in [3.05, 3.63) is 58.7 Å². The monoisotopic (exact) mass is 296 g/mol. The van der Waals surface area contributed by atoms with Crippen LogP contribution in [0.5, 0.6) is 0 Å². The summed E-state index contributed by atoms with van der Waals surface area (Å²) in [6.07, 6.45) is 3.60. The first-order chi connectivity index (χ1) is 10.6.